The summed E-state index contributed by atoms with van der Waals surface area (Å²) in [4.78, 5) is 25.6. The molecule has 0 unspecified atom stereocenters. The summed E-state index contributed by atoms with van der Waals surface area (Å²) in [7, 11) is 8.38. The van der Waals surface area contributed by atoms with E-state index in [0.717, 1.165) is 22.2 Å². The largest absolute Gasteiger partial charge is 0.334 e. The van der Waals surface area contributed by atoms with Crippen LogP contribution in [0.15, 0.2) is 61.2 Å². The van der Waals surface area contributed by atoms with Crippen LogP contribution in [0, 0.1) is 0 Å². The summed E-state index contributed by atoms with van der Waals surface area (Å²) < 4.78 is 1.95. The topological polar surface area (TPSA) is 72.7 Å². The zero-order chi connectivity index (χ0) is 20.6. The van der Waals surface area contributed by atoms with Crippen molar-refractivity contribution in [1.29, 1.82) is 0 Å². The lowest BCUT2D eigenvalue weighted by Gasteiger charge is -2.18. The Morgan fingerprint density at radius 2 is 1.83 bits per heavy atom. The lowest BCUT2D eigenvalue weighted by molar-refractivity contribution is 0.102. The Morgan fingerprint density at radius 3 is 2.48 bits per heavy atom. The second kappa shape index (κ2) is 7.24. The maximum Gasteiger partial charge on any atom is 0.258 e. The molecule has 2 aromatic carbocycles. The predicted octanol–water partition coefficient (Wildman–Crippen LogP) is 0.292. The van der Waals surface area contributed by atoms with E-state index in [2.05, 4.69) is 43.8 Å². The molecule has 4 rings (SSSR count). The molecule has 0 spiro atoms. The SMILES string of the molecule is BC(B)(B)c1ccc(C(=O)Nc2ncc3ccc(-c4cncn4C)cc3n2)cc1. The van der Waals surface area contributed by atoms with E-state index in [0.29, 0.717) is 5.56 Å². The molecule has 0 radical (unpaired) electrons. The number of benzene rings is 2. The highest BCUT2D eigenvalue weighted by Gasteiger charge is 2.15. The first-order chi connectivity index (χ1) is 13.8. The minimum atomic E-state index is -0.229. The highest BCUT2D eigenvalue weighted by molar-refractivity contribution is 6.58. The molecule has 0 fully saturated rings. The third-order valence-corrected chi connectivity index (χ3v) is 4.93. The highest BCUT2D eigenvalue weighted by Crippen LogP contribution is 2.23. The minimum absolute atomic E-state index is 0.0437. The number of anilines is 1. The van der Waals surface area contributed by atoms with Gasteiger partial charge in [0.15, 0.2) is 0 Å². The number of imidazole rings is 1. The fourth-order valence-corrected chi connectivity index (χ4v) is 3.17. The van der Waals surface area contributed by atoms with Gasteiger partial charge in [0.1, 0.15) is 0 Å². The summed E-state index contributed by atoms with van der Waals surface area (Å²) in [6.45, 7) is 0. The number of nitrogens with one attached hydrogen (secondary N) is 1. The van der Waals surface area contributed by atoms with E-state index in [4.69, 9.17) is 0 Å². The first kappa shape index (κ1) is 19.0. The monoisotopic (exact) mass is 379 g/mol. The van der Waals surface area contributed by atoms with Crippen LogP contribution in [-0.2, 0) is 12.2 Å². The van der Waals surface area contributed by atoms with Gasteiger partial charge in [0, 0.05) is 29.8 Å². The Balaban J connectivity index is 1.59. The second-order valence-corrected chi connectivity index (χ2v) is 8.14. The molecule has 0 atom stereocenters. The predicted molar refractivity (Wildman–Crippen MR) is 123 cm³/mol. The number of carbonyl (C=O) groups is 1. The lowest BCUT2D eigenvalue weighted by Crippen LogP contribution is -2.27. The molecule has 1 N–H and O–H groups in total. The van der Waals surface area contributed by atoms with E-state index in [1.807, 2.05) is 60.3 Å². The Kier molecular flexibility index (Phi) is 4.74. The van der Waals surface area contributed by atoms with Gasteiger partial charge in [-0.25, -0.2) is 15.0 Å². The van der Waals surface area contributed by atoms with Gasteiger partial charge in [0.05, 0.1) is 47.3 Å². The average molecular weight is 379 g/mol. The van der Waals surface area contributed by atoms with Crippen molar-refractivity contribution in [2.24, 2.45) is 7.05 Å². The van der Waals surface area contributed by atoms with Crippen LogP contribution in [0.3, 0.4) is 0 Å². The van der Waals surface area contributed by atoms with Gasteiger partial charge < -0.3 is 4.57 Å². The van der Waals surface area contributed by atoms with Crippen LogP contribution < -0.4 is 5.32 Å². The molecule has 29 heavy (non-hydrogen) atoms. The molecule has 6 nitrogen and oxygen atoms in total. The van der Waals surface area contributed by atoms with Gasteiger partial charge >= 0.3 is 0 Å². The Morgan fingerprint density at radius 1 is 1.07 bits per heavy atom. The first-order valence-corrected chi connectivity index (χ1v) is 9.47. The van der Waals surface area contributed by atoms with Gasteiger partial charge in [0.25, 0.3) is 5.91 Å². The van der Waals surface area contributed by atoms with Crippen LogP contribution in [-0.4, -0.2) is 49.0 Å². The smallest absolute Gasteiger partial charge is 0.258 e. The molecule has 2 heterocycles. The molecular formula is C20H20B3N5O. The molecule has 0 saturated carbocycles. The van der Waals surface area contributed by atoms with Crippen LogP contribution in [0.4, 0.5) is 5.95 Å². The summed E-state index contributed by atoms with van der Waals surface area (Å²) in [6, 6.07) is 13.6. The molecule has 140 valence electrons. The van der Waals surface area contributed by atoms with Crippen LogP contribution >= 0.6 is 0 Å². The van der Waals surface area contributed by atoms with Crippen LogP contribution in [0.1, 0.15) is 15.9 Å². The zero-order valence-corrected chi connectivity index (χ0v) is 17.0. The van der Waals surface area contributed by atoms with Crippen molar-refractivity contribution < 1.29 is 4.79 Å². The van der Waals surface area contributed by atoms with E-state index in [1.165, 1.54) is 5.56 Å². The maximum absolute atomic E-state index is 12.6. The maximum atomic E-state index is 12.6. The van der Waals surface area contributed by atoms with E-state index in [9.17, 15) is 4.79 Å². The number of amides is 1. The van der Waals surface area contributed by atoms with Crippen LogP contribution in [0.5, 0.6) is 0 Å². The molecule has 0 bridgehead atoms. The van der Waals surface area contributed by atoms with Gasteiger partial charge in [-0.05, 0) is 18.2 Å². The summed E-state index contributed by atoms with van der Waals surface area (Å²) >= 11 is 0. The quantitative estimate of drug-likeness (QED) is 0.518. The van der Waals surface area contributed by atoms with Gasteiger partial charge in [0.2, 0.25) is 5.95 Å². The molecule has 0 aliphatic heterocycles. The van der Waals surface area contributed by atoms with Crippen molar-refractivity contribution in [2.45, 2.75) is 5.11 Å². The highest BCUT2D eigenvalue weighted by atomic mass is 16.1. The van der Waals surface area contributed by atoms with Gasteiger partial charge in [-0.15, -0.1) is 0 Å². The number of hydrogen-bond donors (Lipinski definition) is 1. The third kappa shape index (κ3) is 3.94. The number of rotatable bonds is 4. The Hall–Kier alpha value is -3.35. The fourth-order valence-electron chi connectivity index (χ4n) is 3.17. The number of carbonyl (C=O) groups excluding carboxylic acids is 1. The molecule has 1 amide bonds. The summed E-state index contributed by atoms with van der Waals surface area (Å²) in [5.74, 6) is 0.0529. The van der Waals surface area contributed by atoms with Crippen LogP contribution in [0.25, 0.3) is 22.2 Å². The van der Waals surface area contributed by atoms with Crippen molar-refractivity contribution in [3.63, 3.8) is 0 Å². The summed E-state index contributed by atoms with van der Waals surface area (Å²) in [5, 5.41) is 3.75. The first-order valence-electron chi connectivity index (χ1n) is 9.47. The van der Waals surface area contributed by atoms with Crippen molar-refractivity contribution >= 4 is 46.3 Å². The van der Waals surface area contributed by atoms with Crippen molar-refractivity contribution in [2.75, 3.05) is 5.32 Å². The van der Waals surface area contributed by atoms with Crippen molar-refractivity contribution in [3.05, 3.63) is 72.3 Å². The standard InChI is InChI=1S/C20H20B3N5O/c1-28-11-24-10-17(28)13-2-3-14-9-25-19(26-16(14)8-13)27-18(29)12-4-6-15(7-5-12)20(21,22)23/h2-11H,21-23H2,1H3,(H,25,26,27,29). The molecular weight excluding hydrogens is 359 g/mol. The van der Waals surface area contributed by atoms with E-state index in [-0.39, 0.29) is 17.0 Å². The van der Waals surface area contributed by atoms with Gasteiger partial charge in [-0.1, -0.05) is 34.9 Å². The number of nitrogens with zero attached hydrogens (tertiary/aromatic N) is 4. The molecule has 9 heteroatoms. The van der Waals surface area contributed by atoms with E-state index >= 15 is 0 Å². The Labute approximate surface area is 172 Å². The van der Waals surface area contributed by atoms with Crippen molar-refractivity contribution in [1.82, 2.24) is 19.5 Å². The van der Waals surface area contributed by atoms with E-state index in [1.54, 1.807) is 12.5 Å². The molecule has 0 saturated heterocycles. The normalized spacial score (nSPS) is 11.5. The molecule has 4 aromatic rings. The van der Waals surface area contributed by atoms with Gasteiger partial charge in [-0.2, -0.15) is 0 Å². The van der Waals surface area contributed by atoms with Crippen LogP contribution in [0.2, 0.25) is 0 Å². The number of aryl methyl sites for hydroxylation is 1. The van der Waals surface area contributed by atoms with Crippen molar-refractivity contribution in [3.8, 4) is 11.3 Å². The zero-order valence-electron chi connectivity index (χ0n) is 17.0. The lowest BCUT2D eigenvalue weighted by atomic mass is 9.40. The number of aromatic nitrogens is 4. The molecule has 0 aliphatic rings. The minimum Gasteiger partial charge on any atom is -0.334 e. The molecule has 2 aromatic heterocycles. The van der Waals surface area contributed by atoms with Gasteiger partial charge in [-0.3, -0.25) is 10.1 Å². The summed E-state index contributed by atoms with van der Waals surface area (Å²) in [5.41, 5.74) is 4.52. The second-order valence-electron chi connectivity index (χ2n) is 8.14. The number of hydrogen-bond acceptors (Lipinski definition) is 4. The third-order valence-electron chi connectivity index (χ3n) is 4.93. The molecule has 0 aliphatic carbocycles. The Bertz CT molecular complexity index is 1200. The average Bonchev–Trinajstić information content (AvgIpc) is 3.13. The summed E-state index contributed by atoms with van der Waals surface area (Å²) in [6.07, 6.45) is 5.29. The fraction of sp³-hybridized carbons (Fsp3) is 0.100. The van der Waals surface area contributed by atoms with E-state index < -0.39 is 0 Å². The number of fused-ring (bicyclic) bond motifs is 1.